The summed E-state index contributed by atoms with van der Waals surface area (Å²) in [5, 5.41) is 5.07. The smallest absolute Gasteiger partial charge is 0.223 e. The highest BCUT2D eigenvalue weighted by molar-refractivity contribution is 6.30. The summed E-state index contributed by atoms with van der Waals surface area (Å²) in [6.07, 6.45) is 6.47. The molecule has 0 spiro atoms. The second-order valence-electron chi connectivity index (χ2n) is 8.97. The van der Waals surface area contributed by atoms with Crippen molar-refractivity contribution in [1.29, 1.82) is 0 Å². The Morgan fingerprint density at radius 1 is 1.19 bits per heavy atom. The summed E-state index contributed by atoms with van der Waals surface area (Å²) < 4.78 is 13.5. The average Bonchev–Trinajstić information content (AvgIpc) is 3.42. The lowest BCUT2D eigenvalue weighted by atomic mass is 10.0. The first-order valence-electron chi connectivity index (χ1n) is 11.2. The third kappa shape index (κ3) is 3.92. The molecule has 0 bridgehead atoms. The molecule has 0 radical (unpaired) electrons. The van der Waals surface area contributed by atoms with Crippen molar-refractivity contribution >= 4 is 23.0 Å². The molecule has 0 N–H and O–H groups in total. The number of methoxy groups -OCH3 is 1. The van der Waals surface area contributed by atoms with E-state index in [9.17, 15) is 4.79 Å². The zero-order valence-corrected chi connectivity index (χ0v) is 19.4. The van der Waals surface area contributed by atoms with E-state index in [0.29, 0.717) is 23.9 Å². The van der Waals surface area contributed by atoms with Crippen molar-refractivity contribution in [2.24, 2.45) is 5.92 Å². The Kier molecular flexibility index (Phi) is 5.49. The summed E-state index contributed by atoms with van der Waals surface area (Å²) in [5.74, 6) is 2.38. The quantitative estimate of drug-likeness (QED) is 0.490. The average molecular weight is 454 g/mol. The highest BCUT2D eigenvalue weighted by Crippen LogP contribution is 2.44. The Morgan fingerprint density at radius 3 is 2.62 bits per heavy atom. The second-order valence-corrected chi connectivity index (χ2v) is 9.41. The standard InChI is InChI=1S/C25H28ClN3O3/c1-15(17-6-8-21(31-3)9-7-17)28-13-19(10-24(28)30)16(2)32-23-11-20(26)14-29-25(23)22(12-27-29)18-4-5-18/h6-9,11-12,14-16,18-19H,4-5,10,13H2,1-3H3/t15-,16-,19?/m1/s1. The van der Waals surface area contributed by atoms with Gasteiger partial charge in [0.2, 0.25) is 5.91 Å². The summed E-state index contributed by atoms with van der Waals surface area (Å²) in [4.78, 5) is 14.8. The normalized spacial score (nSPS) is 20.6. The van der Waals surface area contributed by atoms with Crippen LogP contribution in [0, 0.1) is 5.92 Å². The van der Waals surface area contributed by atoms with Gasteiger partial charge in [-0.25, -0.2) is 4.52 Å². The number of ether oxygens (including phenoxy) is 2. The van der Waals surface area contributed by atoms with Crippen LogP contribution < -0.4 is 9.47 Å². The number of fused-ring (bicyclic) bond motifs is 1. The predicted molar refractivity (Wildman–Crippen MR) is 123 cm³/mol. The Bertz CT molecular complexity index is 1140. The SMILES string of the molecule is COc1ccc([C@@H](C)N2CC([C@@H](C)Oc3cc(Cl)cn4ncc(C5CC5)c34)CC2=O)cc1. The van der Waals surface area contributed by atoms with Gasteiger partial charge in [-0.1, -0.05) is 23.7 Å². The van der Waals surface area contributed by atoms with E-state index < -0.39 is 0 Å². The van der Waals surface area contributed by atoms with Crippen molar-refractivity contribution in [3.05, 3.63) is 58.9 Å². The van der Waals surface area contributed by atoms with E-state index >= 15 is 0 Å². The molecule has 7 heteroatoms. The van der Waals surface area contributed by atoms with Crippen LogP contribution in [-0.4, -0.2) is 40.2 Å². The number of rotatable bonds is 7. The van der Waals surface area contributed by atoms with Crippen molar-refractivity contribution < 1.29 is 14.3 Å². The lowest BCUT2D eigenvalue weighted by Gasteiger charge is -2.27. The number of carbonyl (C=O) groups excluding carboxylic acids is 1. The number of likely N-dealkylation sites (tertiary alicyclic amines) is 1. The molecule has 1 saturated heterocycles. The largest absolute Gasteiger partial charge is 0.497 e. The van der Waals surface area contributed by atoms with Crippen molar-refractivity contribution in [2.75, 3.05) is 13.7 Å². The van der Waals surface area contributed by atoms with Crippen molar-refractivity contribution in [3.8, 4) is 11.5 Å². The van der Waals surface area contributed by atoms with Gasteiger partial charge in [-0.2, -0.15) is 5.10 Å². The van der Waals surface area contributed by atoms with Gasteiger partial charge in [-0.15, -0.1) is 0 Å². The number of nitrogens with zero attached hydrogens (tertiary/aromatic N) is 3. The zero-order chi connectivity index (χ0) is 22.4. The molecule has 5 rings (SSSR count). The summed E-state index contributed by atoms with van der Waals surface area (Å²) in [5.41, 5.74) is 3.32. The number of hydrogen-bond donors (Lipinski definition) is 0. The molecule has 1 unspecified atom stereocenters. The van der Waals surface area contributed by atoms with Gasteiger partial charge >= 0.3 is 0 Å². The zero-order valence-electron chi connectivity index (χ0n) is 18.6. The second kappa shape index (κ2) is 8.32. The van der Waals surface area contributed by atoms with Gasteiger partial charge in [0, 0.05) is 36.7 Å². The number of benzene rings is 1. The summed E-state index contributed by atoms with van der Waals surface area (Å²) in [6, 6.07) is 9.78. The molecule has 1 amide bonds. The Morgan fingerprint density at radius 2 is 1.94 bits per heavy atom. The molecule has 6 nitrogen and oxygen atoms in total. The highest BCUT2D eigenvalue weighted by Gasteiger charge is 2.37. The monoisotopic (exact) mass is 453 g/mol. The van der Waals surface area contributed by atoms with E-state index in [1.54, 1.807) is 7.11 Å². The lowest BCUT2D eigenvalue weighted by Crippen LogP contribution is -2.31. The number of hydrogen-bond acceptors (Lipinski definition) is 4. The number of carbonyl (C=O) groups is 1. The molecule has 32 heavy (non-hydrogen) atoms. The first-order chi connectivity index (χ1) is 15.4. The van der Waals surface area contributed by atoms with Crippen LogP contribution in [0.15, 0.2) is 42.7 Å². The molecule has 1 aliphatic carbocycles. The number of aromatic nitrogens is 2. The molecule has 3 atom stereocenters. The minimum atomic E-state index is -0.128. The first-order valence-corrected chi connectivity index (χ1v) is 11.6. The van der Waals surface area contributed by atoms with Crippen LogP contribution >= 0.6 is 11.6 Å². The first kappa shape index (κ1) is 21.1. The third-order valence-corrected chi connectivity index (χ3v) is 7.03. The molecule has 1 aromatic carbocycles. The summed E-state index contributed by atoms with van der Waals surface area (Å²) in [6.45, 7) is 4.78. The van der Waals surface area contributed by atoms with Crippen LogP contribution in [0.3, 0.4) is 0 Å². The Hall–Kier alpha value is -2.73. The van der Waals surface area contributed by atoms with Gasteiger partial charge in [0.1, 0.15) is 23.1 Å². The fourth-order valence-corrected chi connectivity index (χ4v) is 4.86. The Balaban J connectivity index is 1.33. The maximum atomic E-state index is 12.9. The van der Waals surface area contributed by atoms with Gasteiger partial charge in [-0.05, 0) is 50.3 Å². The van der Waals surface area contributed by atoms with E-state index in [0.717, 1.165) is 22.6 Å². The molecule has 2 fully saturated rings. The molecule has 3 heterocycles. The topological polar surface area (TPSA) is 56.1 Å². The van der Waals surface area contributed by atoms with Crippen LogP contribution in [-0.2, 0) is 4.79 Å². The van der Waals surface area contributed by atoms with Gasteiger partial charge in [0.05, 0.1) is 24.4 Å². The van der Waals surface area contributed by atoms with Crippen LogP contribution in [0.25, 0.3) is 5.52 Å². The number of pyridine rings is 1. The van der Waals surface area contributed by atoms with E-state index in [2.05, 4.69) is 12.0 Å². The minimum absolute atomic E-state index is 0.000203. The highest BCUT2D eigenvalue weighted by atomic mass is 35.5. The van der Waals surface area contributed by atoms with Crippen molar-refractivity contribution in [2.45, 2.75) is 51.2 Å². The van der Waals surface area contributed by atoms with E-state index in [1.165, 1.54) is 18.4 Å². The fourth-order valence-electron chi connectivity index (χ4n) is 4.67. The van der Waals surface area contributed by atoms with Crippen molar-refractivity contribution in [1.82, 2.24) is 14.5 Å². The predicted octanol–water partition coefficient (Wildman–Crippen LogP) is 5.25. The molecular weight excluding hydrogens is 426 g/mol. The van der Waals surface area contributed by atoms with Gasteiger partial charge in [0.25, 0.3) is 0 Å². The maximum Gasteiger partial charge on any atom is 0.223 e. The molecule has 168 valence electrons. The summed E-state index contributed by atoms with van der Waals surface area (Å²) in [7, 11) is 1.65. The van der Waals surface area contributed by atoms with E-state index in [1.807, 2.05) is 59.1 Å². The van der Waals surface area contributed by atoms with Gasteiger partial charge in [0.15, 0.2) is 0 Å². The van der Waals surface area contributed by atoms with Crippen LogP contribution in [0.4, 0.5) is 0 Å². The molecular formula is C25H28ClN3O3. The number of halogens is 1. The molecule has 2 aromatic heterocycles. The van der Waals surface area contributed by atoms with Crippen LogP contribution in [0.2, 0.25) is 5.02 Å². The van der Waals surface area contributed by atoms with E-state index in [4.69, 9.17) is 21.1 Å². The van der Waals surface area contributed by atoms with Gasteiger partial charge in [-0.3, -0.25) is 4.79 Å². The maximum absolute atomic E-state index is 12.9. The van der Waals surface area contributed by atoms with Crippen molar-refractivity contribution in [3.63, 3.8) is 0 Å². The van der Waals surface area contributed by atoms with E-state index in [-0.39, 0.29) is 24.0 Å². The van der Waals surface area contributed by atoms with Crippen LogP contribution in [0.5, 0.6) is 11.5 Å². The third-order valence-electron chi connectivity index (χ3n) is 6.82. The van der Waals surface area contributed by atoms with Crippen LogP contribution in [0.1, 0.15) is 56.2 Å². The summed E-state index contributed by atoms with van der Waals surface area (Å²) >= 11 is 6.34. The number of amides is 1. The molecule has 2 aliphatic rings. The molecule has 3 aromatic rings. The lowest BCUT2D eigenvalue weighted by molar-refractivity contribution is -0.129. The van der Waals surface area contributed by atoms with Gasteiger partial charge < -0.3 is 14.4 Å². The molecule has 1 aliphatic heterocycles. The minimum Gasteiger partial charge on any atom is -0.497 e. The fraction of sp³-hybridized carbons (Fsp3) is 0.440. The Labute approximate surface area is 193 Å². The molecule has 1 saturated carbocycles.